The third kappa shape index (κ3) is 6.12. The van der Waals surface area contributed by atoms with E-state index in [9.17, 15) is 8.78 Å². The van der Waals surface area contributed by atoms with Gasteiger partial charge in [0.1, 0.15) is 11.6 Å². The summed E-state index contributed by atoms with van der Waals surface area (Å²) < 4.78 is 36.2. The van der Waals surface area contributed by atoms with Gasteiger partial charge in [-0.25, -0.2) is 8.78 Å². The summed E-state index contributed by atoms with van der Waals surface area (Å²) >= 11 is 12.0. The van der Waals surface area contributed by atoms with Gasteiger partial charge in [0.2, 0.25) is 0 Å². The van der Waals surface area contributed by atoms with E-state index in [1.807, 2.05) is 60.7 Å². The lowest BCUT2D eigenvalue weighted by molar-refractivity contribution is -0.0156. The van der Waals surface area contributed by atoms with Crippen LogP contribution in [-0.4, -0.2) is 0 Å². The molecule has 2 unspecified atom stereocenters. The first-order valence-electron chi connectivity index (χ1n) is 11.0. The first-order valence-corrected chi connectivity index (χ1v) is 11.8. The molecule has 35 heavy (non-hydrogen) atoms. The van der Waals surface area contributed by atoms with E-state index in [0.717, 1.165) is 11.1 Å². The number of ether oxygens (including phenoxy) is 1. The van der Waals surface area contributed by atoms with Crippen LogP contribution in [0.25, 0.3) is 0 Å². The van der Waals surface area contributed by atoms with Crippen molar-refractivity contribution < 1.29 is 13.5 Å². The van der Waals surface area contributed by atoms with Crippen LogP contribution in [0.3, 0.4) is 0 Å². The second kappa shape index (κ2) is 11.1. The molecule has 4 aromatic rings. The largest absolute Gasteiger partial charge is 0.398 e. The van der Waals surface area contributed by atoms with Crippen molar-refractivity contribution in [1.29, 1.82) is 0 Å². The van der Waals surface area contributed by atoms with E-state index in [1.165, 1.54) is 24.3 Å². The Kier molecular flexibility index (Phi) is 7.91. The summed E-state index contributed by atoms with van der Waals surface area (Å²) in [7, 11) is 0. The smallest absolute Gasteiger partial charge is 0.128 e. The van der Waals surface area contributed by atoms with Crippen LogP contribution in [-0.2, 0) is 17.6 Å². The number of nitrogens with two attached hydrogens (primary N) is 2. The van der Waals surface area contributed by atoms with Gasteiger partial charge in [-0.15, -0.1) is 0 Å². The van der Waals surface area contributed by atoms with E-state index in [0.29, 0.717) is 11.1 Å². The molecule has 0 spiro atoms. The Hall–Kier alpha value is -3.12. The summed E-state index contributed by atoms with van der Waals surface area (Å²) in [6, 6.07) is 24.4. The number of anilines is 2. The van der Waals surface area contributed by atoms with Gasteiger partial charge in [0.15, 0.2) is 0 Å². The Morgan fingerprint density at radius 2 is 1.00 bits per heavy atom. The average Bonchev–Trinajstić information content (AvgIpc) is 2.85. The molecule has 0 amide bonds. The molecule has 2 atom stereocenters. The molecule has 0 radical (unpaired) electrons. The van der Waals surface area contributed by atoms with Crippen LogP contribution in [0.2, 0.25) is 10.0 Å². The fourth-order valence-corrected chi connectivity index (χ4v) is 4.26. The molecule has 4 rings (SSSR count). The lowest BCUT2D eigenvalue weighted by Crippen LogP contribution is -2.16. The van der Waals surface area contributed by atoms with Crippen molar-refractivity contribution in [2.45, 2.75) is 25.0 Å². The zero-order valence-electron chi connectivity index (χ0n) is 18.7. The second-order valence-electron chi connectivity index (χ2n) is 8.27. The van der Waals surface area contributed by atoms with Gasteiger partial charge in [0.25, 0.3) is 0 Å². The molecule has 0 aromatic heterocycles. The maximum atomic E-state index is 14.8. The molecule has 0 heterocycles. The van der Waals surface area contributed by atoms with Crippen molar-refractivity contribution in [1.82, 2.24) is 0 Å². The number of halogens is 4. The molecule has 0 fully saturated rings. The molecule has 7 heteroatoms. The molecule has 0 aliphatic carbocycles. The number of benzene rings is 4. The Labute approximate surface area is 213 Å². The minimum atomic E-state index is -0.552. The molecule has 180 valence electrons. The molecule has 4 N–H and O–H groups in total. The lowest BCUT2D eigenvalue weighted by Gasteiger charge is -2.27. The van der Waals surface area contributed by atoms with E-state index in [4.69, 9.17) is 39.4 Å². The van der Waals surface area contributed by atoms with E-state index in [1.54, 1.807) is 0 Å². The molecule has 3 nitrogen and oxygen atoms in total. The molecular formula is C28H24Cl2F2N2O. The number of nitrogen functional groups attached to an aromatic ring is 2. The van der Waals surface area contributed by atoms with Crippen molar-refractivity contribution in [3.05, 3.63) is 129 Å². The van der Waals surface area contributed by atoms with Gasteiger partial charge >= 0.3 is 0 Å². The Bertz CT molecular complexity index is 1200. The van der Waals surface area contributed by atoms with Crippen LogP contribution in [0, 0.1) is 11.6 Å². The maximum absolute atomic E-state index is 14.8. The maximum Gasteiger partial charge on any atom is 0.128 e. The van der Waals surface area contributed by atoms with Crippen molar-refractivity contribution in [2.75, 3.05) is 11.5 Å². The van der Waals surface area contributed by atoms with Crippen LogP contribution in [0.4, 0.5) is 20.2 Å². The standard InChI is InChI=1S/C28H24Cl2F2N2O/c29-21-15-23(31)19(11-25(21)33)13-27(17-7-3-1-4-8-17)35-28(18-9-5-2-6-10-18)14-20-12-26(34)22(30)16-24(20)32/h1-12,15-16,27-28H,13-14,33-34H2. The van der Waals surface area contributed by atoms with Crippen LogP contribution in [0.15, 0.2) is 84.9 Å². The predicted molar refractivity (Wildman–Crippen MR) is 139 cm³/mol. The van der Waals surface area contributed by atoms with E-state index < -0.39 is 23.8 Å². The summed E-state index contributed by atoms with van der Waals surface area (Å²) in [6.45, 7) is 0. The Morgan fingerprint density at radius 1 is 0.629 bits per heavy atom. The Morgan fingerprint density at radius 3 is 1.37 bits per heavy atom. The number of hydrogen-bond acceptors (Lipinski definition) is 3. The van der Waals surface area contributed by atoms with Crippen molar-refractivity contribution in [3.8, 4) is 0 Å². The minimum Gasteiger partial charge on any atom is -0.398 e. The highest BCUT2D eigenvalue weighted by molar-refractivity contribution is 6.33. The van der Waals surface area contributed by atoms with Crippen LogP contribution in [0.5, 0.6) is 0 Å². The SMILES string of the molecule is Nc1cc(CC(OC(Cc2cc(N)c(Cl)cc2F)c2ccccc2)c2ccccc2)c(F)cc1Cl. The summed E-state index contributed by atoms with van der Waals surface area (Å²) in [5.74, 6) is -0.942. The molecule has 4 aromatic carbocycles. The Balaban J connectivity index is 1.72. The fraction of sp³-hybridized carbons (Fsp3) is 0.143. The summed E-state index contributed by atoms with van der Waals surface area (Å²) in [4.78, 5) is 0. The van der Waals surface area contributed by atoms with Crippen LogP contribution >= 0.6 is 23.2 Å². The van der Waals surface area contributed by atoms with Gasteiger partial charge in [-0.1, -0.05) is 83.9 Å². The van der Waals surface area contributed by atoms with Gasteiger partial charge < -0.3 is 16.2 Å². The average molecular weight is 513 g/mol. The highest BCUT2D eigenvalue weighted by Crippen LogP contribution is 2.35. The number of rotatable bonds is 8. The van der Waals surface area contributed by atoms with E-state index in [2.05, 4.69) is 0 Å². The fourth-order valence-electron chi connectivity index (χ4n) is 3.96. The minimum absolute atomic E-state index is 0.154. The van der Waals surface area contributed by atoms with Crippen LogP contribution < -0.4 is 11.5 Å². The molecule has 0 bridgehead atoms. The summed E-state index contributed by atoms with van der Waals surface area (Å²) in [6.07, 6.45) is -0.703. The summed E-state index contributed by atoms with van der Waals surface area (Å²) in [5.41, 5.74) is 14.9. The first-order chi connectivity index (χ1) is 16.8. The predicted octanol–water partition coefficient (Wildman–Crippen LogP) is 7.72. The monoisotopic (exact) mass is 512 g/mol. The molecule has 0 saturated heterocycles. The third-order valence-corrected chi connectivity index (χ3v) is 6.47. The van der Waals surface area contributed by atoms with Gasteiger partial charge in [0, 0.05) is 12.8 Å². The second-order valence-corrected chi connectivity index (χ2v) is 9.09. The molecule has 0 aliphatic heterocycles. The lowest BCUT2D eigenvalue weighted by atomic mass is 9.97. The normalized spacial score (nSPS) is 12.9. The summed E-state index contributed by atoms with van der Waals surface area (Å²) in [5, 5.41) is 0.308. The van der Waals surface area contributed by atoms with Gasteiger partial charge in [-0.2, -0.15) is 0 Å². The van der Waals surface area contributed by atoms with Crippen molar-refractivity contribution in [3.63, 3.8) is 0 Å². The van der Waals surface area contributed by atoms with Gasteiger partial charge in [-0.05, 0) is 46.5 Å². The highest BCUT2D eigenvalue weighted by atomic mass is 35.5. The zero-order chi connectivity index (χ0) is 24.9. The van der Waals surface area contributed by atoms with Gasteiger partial charge in [-0.3, -0.25) is 0 Å². The zero-order valence-corrected chi connectivity index (χ0v) is 20.2. The van der Waals surface area contributed by atoms with Crippen molar-refractivity contribution >= 4 is 34.6 Å². The quantitative estimate of drug-likeness (QED) is 0.237. The first kappa shape index (κ1) is 25.0. The third-order valence-electron chi connectivity index (χ3n) is 5.81. The van der Waals surface area contributed by atoms with Gasteiger partial charge in [0.05, 0.1) is 33.6 Å². The topological polar surface area (TPSA) is 61.3 Å². The van der Waals surface area contributed by atoms with Crippen LogP contribution in [0.1, 0.15) is 34.5 Å². The molecule has 0 saturated carbocycles. The highest BCUT2D eigenvalue weighted by Gasteiger charge is 2.24. The number of hydrogen-bond donors (Lipinski definition) is 2. The molecular weight excluding hydrogens is 489 g/mol. The van der Waals surface area contributed by atoms with E-state index in [-0.39, 0.29) is 34.3 Å². The molecule has 0 aliphatic rings. The van der Waals surface area contributed by atoms with E-state index >= 15 is 0 Å². The van der Waals surface area contributed by atoms with Crippen molar-refractivity contribution in [2.24, 2.45) is 0 Å².